The summed E-state index contributed by atoms with van der Waals surface area (Å²) in [4.78, 5) is 13.3. The van der Waals surface area contributed by atoms with Gasteiger partial charge in [0.2, 0.25) is 5.91 Å². The van der Waals surface area contributed by atoms with Gasteiger partial charge in [-0.3, -0.25) is 9.48 Å². The van der Waals surface area contributed by atoms with Crippen LogP contribution in [0.1, 0.15) is 24.0 Å². The number of benzene rings is 1. The van der Waals surface area contributed by atoms with E-state index in [0.29, 0.717) is 13.1 Å². The zero-order valence-corrected chi connectivity index (χ0v) is 16.4. The summed E-state index contributed by atoms with van der Waals surface area (Å²) in [6.07, 6.45) is 7.64. The number of thiophene rings is 1. The van der Waals surface area contributed by atoms with E-state index in [1.807, 2.05) is 46.6 Å². The quantitative estimate of drug-likeness (QED) is 0.618. The normalized spacial score (nSPS) is 16.6. The standard InChI is InChI=1S/C22H23N3O2S/c26-21(23-14-19-8-4-12-27-19)11-10-18-16-25(15-17-6-2-1-3-7-17)24-22(18)20-9-5-13-28-20/h1-3,5-7,9-11,13,16,19H,4,8,12,14-15H2,(H,23,26)/b11-10+. The van der Waals surface area contributed by atoms with Crippen LogP contribution < -0.4 is 5.32 Å². The number of hydrogen-bond acceptors (Lipinski definition) is 4. The first-order valence-electron chi connectivity index (χ1n) is 9.51. The summed E-state index contributed by atoms with van der Waals surface area (Å²) in [5.74, 6) is -0.108. The average Bonchev–Trinajstić information content (AvgIpc) is 3.47. The molecule has 0 aliphatic carbocycles. The lowest BCUT2D eigenvalue weighted by Crippen LogP contribution is -2.30. The Balaban J connectivity index is 1.48. The molecule has 1 atom stereocenters. The average molecular weight is 394 g/mol. The van der Waals surface area contributed by atoms with E-state index in [9.17, 15) is 4.79 Å². The van der Waals surface area contributed by atoms with Crippen molar-refractivity contribution in [3.63, 3.8) is 0 Å². The SMILES string of the molecule is O=C(/C=C/c1cn(Cc2ccccc2)nc1-c1cccs1)NCC1CCCO1. The van der Waals surface area contributed by atoms with Crippen LogP contribution in [0.25, 0.3) is 16.6 Å². The van der Waals surface area contributed by atoms with Crippen molar-refractivity contribution in [3.05, 3.63) is 71.2 Å². The lowest BCUT2D eigenvalue weighted by molar-refractivity contribution is -0.116. The first-order chi connectivity index (χ1) is 13.8. The van der Waals surface area contributed by atoms with Gasteiger partial charge in [0, 0.05) is 31.0 Å². The maximum absolute atomic E-state index is 12.2. The van der Waals surface area contributed by atoms with Gasteiger partial charge in [0.25, 0.3) is 0 Å². The van der Waals surface area contributed by atoms with Crippen molar-refractivity contribution < 1.29 is 9.53 Å². The molecule has 1 aromatic carbocycles. The highest BCUT2D eigenvalue weighted by Crippen LogP contribution is 2.27. The monoisotopic (exact) mass is 393 g/mol. The third-order valence-corrected chi connectivity index (χ3v) is 5.55. The summed E-state index contributed by atoms with van der Waals surface area (Å²) in [7, 11) is 0. The van der Waals surface area contributed by atoms with E-state index in [1.165, 1.54) is 5.56 Å². The number of carbonyl (C=O) groups is 1. The second-order valence-corrected chi connectivity index (χ2v) is 7.75. The van der Waals surface area contributed by atoms with Crippen molar-refractivity contribution in [2.24, 2.45) is 0 Å². The fourth-order valence-electron chi connectivity index (χ4n) is 3.26. The van der Waals surface area contributed by atoms with Gasteiger partial charge in [0.1, 0.15) is 5.69 Å². The van der Waals surface area contributed by atoms with E-state index in [2.05, 4.69) is 23.5 Å². The zero-order chi connectivity index (χ0) is 19.2. The maximum atomic E-state index is 12.2. The first kappa shape index (κ1) is 18.7. The summed E-state index contributed by atoms with van der Waals surface area (Å²) in [6, 6.07) is 14.3. The molecule has 1 N–H and O–H groups in total. The molecule has 1 amide bonds. The summed E-state index contributed by atoms with van der Waals surface area (Å²) < 4.78 is 7.47. The van der Waals surface area contributed by atoms with E-state index < -0.39 is 0 Å². The minimum absolute atomic E-state index is 0.108. The largest absolute Gasteiger partial charge is 0.376 e. The summed E-state index contributed by atoms with van der Waals surface area (Å²) in [5, 5.41) is 9.71. The van der Waals surface area contributed by atoms with Gasteiger partial charge in [-0.05, 0) is 35.9 Å². The molecule has 3 aromatic rings. The molecule has 2 aromatic heterocycles. The lowest BCUT2D eigenvalue weighted by atomic mass is 10.2. The molecule has 0 radical (unpaired) electrons. The molecule has 3 heterocycles. The number of nitrogens with one attached hydrogen (secondary N) is 1. The van der Waals surface area contributed by atoms with Crippen molar-refractivity contribution in [1.29, 1.82) is 0 Å². The molecule has 0 saturated carbocycles. The Kier molecular flexibility index (Phi) is 5.99. The zero-order valence-electron chi connectivity index (χ0n) is 15.6. The number of hydrogen-bond donors (Lipinski definition) is 1. The minimum Gasteiger partial charge on any atom is -0.376 e. The van der Waals surface area contributed by atoms with Crippen molar-refractivity contribution in [1.82, 2.24) is 15.1 Å². The first-order valence-corrected chi connectivity index (χ1v) is 10.4. The van der Waals surface area contributed by atoms with E-state index in [1.54, 1.807) is 17.4 Å². The minimum atomic E-state index is -0.108. The number of ether oxygens (including phenoxy) is 1. The van der Waals surface area contributed by atoms with Crippen LogP contribution in [0.2, 0.25) is 0 Å². The van der Waals surface area contributed by atoms with Crippen LogP contribution >= 0.6 is 11.3 Å². The number of carbonyl (C=O) groups excluding carboxylic acids is 1. The van der Waals surface area contributed by atoms with E-state index >= 15 is 0 Å². The predicted molar refractivity (Wildman–Crippen MR) is 112 cm³/mol. The summed E-state index contributed by atoms with van der Waals surface area (Å²) in [5.41, 5.74) is 3.02. The fourth-order valence-corrected chi connectivity index (χ4v) is 3.99. The predicted octanol–water partition coefficient (Wildman–Crippen LogP) is 3.97. The molecule has 5 nitrogen and oxygen atoms in total. The second kappa shape index (κ2) is 8.99. The second-order valence-electron chi connectivity index (χ2n) is 6.81. The van der Waals surface area contributed by atoms with Crippen molar-refractivity contribution in [3.8, 4) is 10.6 Å². The smallest absolute Gasteiger partial charge is 0.244 e. The third kappa shape index (κ3) is 4.77. The van der Waals surface area contributed by atoms with Crippen LogP contribution in [-0.4, -0.2) is 34.9 Å². The van der Waals surface area contributed by atoms with Gasteiger partial charge in [-0.15, -0.1) is 11.3 Å². The maximum Gasteiger partial charge on any atom is 0.244 e. The van der Waals surface area contributed by atoms with Gasteiger partial charge < -0.3 is 10.1 Å². The molecule has 28 heavy (non-hydrogen) atoms. The molecule has 0 bridgehead atoms. The van der Waals surface area contributed by atoms with E-state index in [0.717, 1.165) is 35.6 Å². The lowest BCUT2D eigenvalue weighted by Gasteiger charge is -2.08. The van der Waals surface area contributed by atoms with Crippen molar-refractivity contribution in [2.75, 3.05) is 13.2 Å². The van der Waals surface area contributed by atoms with Gasteiger partial charge in [0.15, 0.2) is 0 Å². The molecule has 1 aliphatic heterocycles. The van der Waals surface area contributed by atoms with Gasteiger partial charge >= 0.3 is 0 Å². The Bertz CT molecular complexity index is 926. The highest BCUT2D eigenvalue weighted by molar-refractivity contribution is 7.13. The Labute approximate surface area is 168 Å². The van der Waals surface area contributed by atoms with E-state index in [4.69, 9.17) is 9.84 Å². The van der Waals surface area contributed by atoms with Gasteiger partial charge in [-0.2, -0.15) is 5.10 Å². The molecular weight excluding hydrogens is 370 g/mol. The third-order valence-electron chi connectivity index (χ3n) is 4.67. The summed E-state index contributed by atoms with van der Waals surface area (Å²) in [6.45, 7) is 2.05. The highest BCUT2D eigenvalue weighted by atomic mass is 32.1. The number of nitrogens with zero attached hydrogens (tertiary/aromatic N) is 2. The van der Waals surface area contributed by atoms with Crippen LogP contribution in [0.5, 0.6) is 0 Å². The van der Waals surface area contributed by atoms with Crippen LogP contribution in [0.3, 0.4) is 0 Å². The molecule has 1 saturated heterocycles. The molecular formula is C22H23N3O2S. The molecule has 4 rings (SSSR count). The Morgan fingerprint density at radius 3 is 2.93 bits per heavy atom. The fraction of sp³-hybridized carbons (Fsp3) is 0.273. The molecule has 1 aliphatic rings. The van der Waals surface area contributed by atoms with Crippen LogP contribution in [0.15, 0.2) is 60.1 Å². The van der Waals surface area contributed by atoms with Crippen molar-refractivity contribution >= 4 is 23.3 Å². The molecule has 1 unspecified atom stereocenters. The molecule has 0 spiro atoms. The molecule has 6 heteroatoms. The topological polar surface area (TPSA) is 56.2 Å². The van der Waals surface area contributed by atoms with Gasteiger partial charge in [0.05, 0.1) is 17.5 Å². The van der Waals surface area contributed by atoms with Crippen LogP contribution in [0.4, 0.5) is 0 Å². The number of rotatable bonds is 7. The summed E-state index contributed by atoms with van der Waals surface area (Å²) >= 11 is 1.64. The van der Waals surface area contributed by atoms with Crippen LogP contribution in [-0.2, 0) is 16.1 Å². The van der Waals surface area contributed by atoms with Crippen LogP contribution in [0, 0.1) is 0 Å². The Hall–Kier alpha value is -2.70. The van der Waals surface area contributed by atoms with Crippen molar-refractivity contribution in [2.45, 2.75) is 25.5 Å². The Morgan fingerprint density at radius 2 is 2.18 bits per heavy atom. The Morgan fingerprint density at radius 1 is 1.29 bits per heavy atom. The van der Waals surface area contributed by atoms with E-state index in [-0.39, 0.29) is 12.0 Å². The van der Waals surface area contributed by atoms with Gasteiger partial charge in [-0.25, -0.2) is 0 Å². The van der Waals surface area contributed by atoms with Gasteiger partial charge in [-0.1, -0.05) is 36.4 Å². The molecule has 144 valence electrons. The molecule has 1 fully saturated rings. The number of aromatic nitrogens is 2. The number of amides is 1. The highest BCUT2D eigenvalue weighted by Gasteiger charge is 2.16.